The summed E-state index contributed by atoms with van der Waals surface area (Å²) >= 11 is 6.11. The van der Waals surface area contributed by atoms with Crippen LogP contribution in [-0.4, -0.2) is 58.6 Å². The molecule has 0 bridgehead atoms. The van der Waals surface area contributed by atoms with E-state index in [9.17, 15) is 13.8 Å². The summed E-state index contributed by atoms with van der Waals surface area (Å²) in [5.74, 6) is -1.14. The highest BCUT2D eigenvalue weighted by Crippen LogP contribution is 2.47. The van der Waals surface area contributed by atoms with E-state index in [1.54, 1.807) is 71.2 Å². The average Bonchev–Trinajstić information content (AvgIpc) is 3.23. The molecule has 43 heavy (non-hydrogen) atoms. The van der Waals surface area contributed by atoms with Gasteiger partial charge in [-0.05, 0) is 85.6 Å². The first-order chi connectivity index (χ1) is 20.0. The molecule has 0 aromatic carbocycles. The predicted molar refractivity (Wildman–Crippen MR) is 164 cm³/mol. The summed E-state index contributed by atoms with van der Waals surface area (Å²) in [7, 11) is -3.12. The van der Waals surface area contributed by atoms with Crippen molar-refractivity contribution in [3.63, 3.8) is 0 Å². The number of nitrogens with zero attached hydrogens (tertiary/aromatic N) is 5. The lowest BCUT2D eigenvalue weighted by Crippen LogP contribution is -2.62. The van der Waals surface area contributed by atoms with Crippen LogP contribution in [0, 0.1) is 12.7 Å². The van der Waals surface area contributed by atoms with Crippen molar-refractivity contribution in [1.82, 2.24) is 19.7 Å². The molecular formula is C29H35ClFN7O4S. The Labute approximate surface area is 254 Å². The first-order valence-electron chi connectivity index (χ1n) is 13.9. The van der Waals surface area contributed by atoms with Crippen LogP contribution in [-0.2, 0) is 20.0 Å². The number of carbonyl (C=O) groups is 2. The number of nitrogens with one attached hydrogen (secondary N) is 2. The topological polar surface area (TPSA) is 139 Å². The molecule has 3 aromatic rings. The number of amidine groups is 1. The summed E-state index contributed by atoms with van der Waals surface area (Å²) in [6.45, 7) is 12.3. The second-order valence-corrected chi connectivity index (χ2v) is 15.8. The van der Waals surface area contributed by atoms with Crippen LogP contribution in [0.25, 0.3) is 5.65 Å². The van der Waals surface area contributed by atoms with Gasteiger partial charge < -0.3 is 14.5 Å². The van der Waals surface area contributed by atoms with Gasteiger partial charge in [0.25, 0.3) is 5.91 Å². The maximum absolute atomic E-state index is 15.7. The van der Waals surface area contributed by atoms with Crippen LogP contribution >= 0.6 is 11.6 Å². The lowest BCUT2D eigenvalue weighted by atomic mass is 9.89. The minimum atomic E-state index is -3.12. The van der Waals surface area contributed by atoms with Crippen molar-refractivity contribution in [1.29, 1.82) is 0 Å². The predicted octanol–water partition coefficient (Wildman–Crippen LogP) is 5.64. The van der Waals surface area contributed by atoms with E-state index in [1.807, 2.05) is 0 Å². The summed E-state index contributed by atoms with van der Waals surface area (Å²) in [4.78, 5) is 39.9. The number of fused-ring (bicyclic) bond motifs is 2. The van der Waals surface area contributed by atoms with Crippen molar-refractivity contribution in [2.45, 2.75) is 82.4 Å². The highest BCUT2D eigenvalue weighted by molar-refractivity contribution is 7.96. The number of hydrogen-bond acceptors (Lipinski definition) is 8. The number of aryl methyl sites for hydroxylation is 1. The number of hydrogen-bond donors (Lipinski definition) is 2. The quantitative estimate of drug-likeness (QED) is 0.383. The normalized spacial score (nSPS) is 24.9. The van der Waals surface area contributed by atoms with E-state index in [2.05, 4.69) is 25.0 Å². The molecule has 0 saturated carbocycles. The summed E-state index contributed by atoms with van der Waals surface area (Å²) in [5.41, 5.74) is -1.18. The van der Waals surface area contributed by atoms with Crippen molar-refractivity contribution in [3.8, 4) is 0 Å². The molecule has 5 heterocycles. The van der Waals surface area contributed by atoms with Gasteiger partial charge in [0.2, 0.25) is 0 Å². The zero-order chi connectivity index (χ0) is 31.5. The van der Waals surface area contributed by atoms with Gasteiger partial charge in [-0.15, -0.1) is 0 Å². The summed E-state index contributed by atoms with van der Waals surface area (Å²) in [5, 5.41) is 5.15. The zero-order valence-electron chi connectivity index (χ0n) is 25.1. The number of aromatic nitrogens is 3. The molecule has 230 valence electrons. The monoisotopic (exact) mass is 631 g/mol. The molecule has 5 rings (SSSR count). The molecular weight excluding hydrogens is 597 g/mol. The Bertz CT molecular complexity index is 1810. The van der Waals surface area contributed by atoms with Gasteiger partial charge in [0.15, 0.2) is 5.69 Å². The average molecular weight is 632 g/mol. The molecule has 11 nitrogen and oxygen atoms in total. The van der Waals surface area contributed by atoms with Gasteiger partial charge in [0.1, 0.15) is 44.7 Å². The number of imidazole rings is 1. The summed E-state index contributed by atoms with van der Waals surface area (Å²) < 4.78 is 40.9. The van der Waals surface area contributed by atoms with E-state index in [-0.39, 0.29) is 23.0 Å². The fourth-order valence-corrected chi connectivity index (χ4v) is 9.01. The molecule has 2 aliphatic rings. The van der Waals surface area contributed by atoms with Crippen LogP contribution in [0.2, 0.25) is 5.02 Å². The van der Waals surface area contributed by atoms with Crippen molar-refractivity contribution in [2.75, 3.05) is 11.9 Å². The van der Waals surface area contributed by atoms with E-state index in [1.165, 1.54) is 12.1 Å². The Balaban J connectivity index is 1.57. The SMILES string of the molecule is Cc1c(C(=O)Nc2ccc(F)c([C@@]3(C)N=C(NC(=O)OC(C)(C)C)C(C)(C)[S@@]4(=O)=NCCC[C@H]34)n2)nc2ccc(Cl)cn12. The zero-order valence-corrected chi connectivity index (χ0v) is 26.7. The third-order valence-electron chi connectivity index (χ3n) is 7.79. The van der Waals surface area contributed by atoms with Gasteiger partial charge in [-0.25, -0.2) is 27.7 Å². The van der Waals surface area contributed by atoms with E-state index in [4.69, 9.17) is 21.3 Å². The van der Waals surface area contributed by atoms with Crippen LogP contribution in [0.5, 0.6) is 0 Å². The van der Waals surface area contributed by atoms with Gasteiger partial charge in [0.05, 0.1) is 25.7 Å². The summed E-state index contributed by atoms with van der Waals surface area (Å²) in [6.07, 6.45) is 1.96. The van der Waals surface area contributed by atoms with Crippen LogP contribution < -0.4 is 10.6 Å². The van der Waals surface area contributed by atoms with E-state index in [0.29, 0.717) is 35.8 Å². The number of ether oxygens (including phenoxy) is 1. The first kappa shape index (κ1) is 30.9. The van der Waals surface area contributed by atoms with Crippen LogP contribution in [0.15, 0.2) is 39.8 Å². The van der Waals surface area contributed by atoms with Crippen LogP contribution in [0.1, 0.15) is 76.3 Å². The standard InChI is InChI=1S/C29H35ClFN7O4S/c1-16-22(35-21-13-10-17(30)15-38(16)21)24(39)34-20-12-11-18(31)23(33-20)29(7)19-9-8-14-32-43(19,41)28(5,6)25(37-29)36-26(40)42-27(2,3)4/h10-13,15,19H,8-9,14H2,1-7H3,(H,33,34,39)(H,36,37,40)/t19-,29+,43-/m1/s1. The fraction of sp³-hybridized carbons (Fsp3) is 0.483. The Morgan fingerprint density at radius 1 is 1.14 bits per heavy atom. The largest absolute Gasteiger partial charge is 0.444 e. The minimum Gasteiger partial charge on any atom is -0.444 e. The maximum Gasteiger partial charge on any atom is 0.413 e. The molecule has 2 amide bonds. The van der Waals surface area contributed by atoms with Gasteiger partial charge in [-0.2, -0.15) is 0 Å². The Hall–Kier alpha value is -3.58. The molecule has 0 unspecified atom stereocenters. The molecule has 2 aliphatic heterocycles. The van der Waals surface area contributed by atoms with Crippen LogP contribution in [0.4, 0.5) is 15.0 Å². The number of carbonyl (C=O) groups excluding carboxylic acids is 2. The van der Waals surface area contributed by atoms with Crippen molar-refractivity contribution < 1.29 is 22.9 Å². The first-order valence-corrected chi connectivity index (χ1v) is 15.9. The van der Waals surface area contributed by atoms with Crippen molar-refractivity contribution in [2.24, 2.45) is 9.36 Å². The number of pyridine rings is 2. The smallest absolute Gasteiger partial charge is 0.413 e. The molecule has 0 aliphatic carbocycles. The fourth-order valence-electron chi connectivity index (χ4n) is 5.59. The second-order valence-electron chi connectivity index (χ2n) is 12.4. The van der Waals surface area contributed by atoms with E-state index >= 15 is 4.39 Å². The highest BCUT2D eigenvalue weighted by atomic mass is 35.5. The number of aliphatic imine (C=N–C) groups is 1. The number of amides is 2. The molecule has 3 aromatic heterocycles. The number of alkyl carbamates (subject to hydrolysis) is 1. The van der Waals surface area contributed by atoms with Gasteiger partial charge >= 0.3 is 6.09 Å². The van der Waals surface area contributed by atoms with Crippen molar-refractivity contribution in [3.05, 3.63) is 58.4 Å². The highest BCUT2D eigenvalue weighted by Gasteiger charge is 2.57. The van der Waals surface area contributed by atoms with Gasteiger partial charge in [-0.1, -0.05) is 11.6 Å². The second kappa shape index (κ2) is 10.5. The van der Waals surface area contributed by atoms with E-state index < -0.39 is 48.7 Å². The lowest BCUT2D eigenvalue weighted by molar-refractivity contribution is 0.0560. The van der Waals surface area contributed by atoms with Crippen molar-refractivity contribution >= 4 is 50.6 Å². The lowest BCUT2D eigenvalue weighted by Gasteiger charge is -2.48. The van der Waals surface area contributed by atoms with Crippen LogP contribution in [0.3, 0.4) is 0 Å². The molecule has 14 heteroatoms. The third kappa shape index (κ3) is 5.37. The maximum atomic E-state index is 15.7. The Morgan fingerprint density at radius 2 is 1.86 bits per heavy atom. The number of halogens is 2. The molecule has 0 radical (unpaired) electrons. The molecule has 3 atom stereocenters. The Kier molecular flexibility index (Phi) is 7.57. The van der Waals surface area contributed by atoms with Gasteiger partial charge in [-0.3, -0.25) is 15.1 Å². The minimum absolute atomic E-state index is 0.0537. The third-order valence-corrected chi connectivity index (χ3v) is 11.7. The Morgan fingerprint density at radius 3 is 2.56 bits per heavy atom. The van der Waals surface area contributed by atoms with Gasteiger partial charge in [0, 0.05) is 12.7 Å². The molecule has 0 spiro atoms. The van der Waals surface area contributed by atoms with E-state index in [0.717, 1.165) is 0 Å². The summed E-state index contributed by atoms with van der Waals surface area (Å²) in [6, 6.07) is 5.88. The number of anilines is 1. The molecule has 2 N–H and O–H groups in total. The molecule has 0 fully saturated rings. The number of rotatable bonds is 3. The molecule has 0 saturated heterocycles.